The standard InChI is InChI=1S/C15H23ClN2/c1-12(2)15(11-18-8-6-17-7-9-18)13-4-3-5-14(16)10-13/h3-5,10,12,15,17H,6-9,11H2,1-2H3. The highest BCUT2D eigenvalue weighted by Gasteiger charge is 2.20. The van der Waals surface area contributed by atoms with E-state index in [4.69, 9.17) is 11.6 Å². The summed E-state index contributed by atoms with van der Waals surface area (Å²) < 4.78 is 0. The van der Waals surface area contributed by atoms with E-state index in [1.165, 1.54) is 5.56 Å². The molecule has 2 rings (SSSR count). The molecule has 1 unspecified atom stereocenters. The van der Waals surface area contributed by atoms with Crippen molar-refractivity contribution in [3.05, 3.63) is 34.9 Å². The van der Waals surface area contributed by atoms with Crippen LogP contribution in [0.25, 0.3) is 0 Å². The van der Waals surface area contributed by atoms with Gasteiger partial charge in [0, 0.05) is 37.7 Å². The highest BCUT2D eigenvalue weighted by molar-refractivity contribution is 6.30. The molecular weight excluding hydrogens is 244 g/mol. The maximum absolute atomic E-state index is 6.11. The lowest BCUT2D eigenvalue weighted by Gasteiger charge is -2.32. The van der Waals surface area contributed by atoms with Crippen LogP contribution in [0.3, 0.4) is 0 Å². The molecule has 2 nitrogen and oxygen atoms in total. The topological polar surface area (TPSA) is 15.3 Å². The first-order chi connectivity index (χ1) is 8.66. The number of hydrogen-bond acceptors (Lipinski definition) is 2. The zero-order valence-corrected chi connectivity index (χ0v) is 12.1. The lowest BCUT2D eigenvalue weighted by molar-refractivity contribution is 0.212. The van der Waals surface area contributed by atoms with Gasteiger partial charge in [0.2, 0.25) is 0 Å². The van der Waals surface area contributed by atoms with Gasteiger partial charge in [-0.3, -0.25) is 0 Å². The molecule has 1 aromatic carbocycles. The maximum Gasteiger partial charge on any atom is 0.0408 e. The number of nitrogens with one attached hydrogen (secondary N) is 1. The summed E-state index contributed by atoms with van der Waals surface area (Å²) >= 11 is 6.11. The summed E-state index contributed by atoms with van der Waals surface area (Å²) in [6.45, 7) is 10.3. The normalized spacial score (nSPS) is 19.1. The highest BCUT2D eigenvalue weighted by Crippen LogP contribution is 2.27. The van der Waals surface area contributed by atoms with Gasteiger partial charge in [0.1, 0.15) is 0 Å². The summed E-state index contributed by atoms with van der Waals surface area (Å²) in [5.74, 6) is 1.21. The van der Waals surface area contributed by atoms with Crippen LogP contribution >= 0.6 is 11.6 Å². The lowest BCUT2D eigenvalue weighted by Crippen LogP contribution is -2.45. The van der Waals surface area contributed by atoms with Crippen LogP contribution in [0.15, 0.2) is 24.3 Å². The van der Waals surface area contributed by atoms with E-state index in [0.29, 0.717) is 11.8 Å². The molecule has 3 heteroatoms. The van der Waals surface area contributed by atoms with Gasteiger partial charge < -0.3 is 10.2 Å². The second-order valence-corrected chi connectivity index (χ2v) is 5.89. The Kier molecular flexibility index (Phi) is 5.04. The molecule has 1 saturated heterocycles. The van der Waals surface area contributed by atoms with E-state index in [9.17, 15) is 0 Å². The Morgan fingerprint density at radius 2 is 2.00 bits per heavy atom. The van der Waals surface area contributed by atoms with Gasteiger partial charge in [-0.15, -0.1) is 0 Å². The Morgan fingerprint density at radius 1 is 1.28 bits per heavy atom. The van der Waals surface area contributed by atoms with E-state index < -0.39 is 0 Å². The summed E-state index contributed by atoms with van der Waals surface area (Å²) in [6, 6.07) is 8.34. The molecule has 0 spiro atoms. The van der Waals surface area contributed by atoms with Gasteiger partial charge in [-0.1, -0.05) is 37.6 Å². The van der Waals surface area contributed by atoms with Gasteiger partial charge in [-0.25, -0.2) is 0 Å². The van der Waals surface area contributed by atoms with E-state index in [0.717, 1.165) is 37.7 Å². The minimum absolute atomic E-state index is 0.571. The Balaban J connectivity index is 2.07. The molecule has 1 N–H and O–H groups in total. The van der Waals surface area contributed by atoms with Crippen LogP contribution < -0.4 is 5.32 Å². The van der Waals surface area contributed by atoms with E-state index >= 15 is 0 Å². The Labute approximate surface area is 115 Å². The number of hydrogen-bond donors (Lipinski definition) is 1. The number of rotatable bonds is 4. The quantitative estimate of drug-likeness (QED) is 0.901. The van der Waals surface area contributed by atoms with Crippen molar-refractivity contribution in [2.75, 3.05) is 32.7 Å². The predicted octanol–water partition coefficient (Wildman–Crippen LogP) is 2.98. The van der Waals surface area contributed by atoms with Crippen molar-refractivity contribution in [1.82, 2.24) is 10.2 Å². The molecule has 0 saturated carbocycles. The molecule has 1 atom stereocenters. The third-order valence-corrected chi connectivity index (χ3v) is 3.98. The van der Waals surface area contributed by atoms with Crippen molar-refractivity contribution in [3.8, 4) is 0 Å². The van der Waals surface area contributed by atoms with E-state index in [1.54, 1.807) is 0 Å². The van der Waals surface area contributed by atoms with Crippen molar-refractivity contribution in [2.45, 2.75) is 19.8 Å². The van der Waals surface area contributed by atoms with Crippen LogP contribution in [0.4, 0.5) is 0 Å². The van der Waals surface area contributed by atoms with Gasteiger partial charge in [0.15, 0.2) is 0 Å². The number of nitrogens with zero attached hydrogens (tertiary/aromatic N) is 1. The molecule has 0 radical (unpaired) electrons. The zero-order chi connectivity index (χ0) is 13.0. The van der Waals surface area contributed by atoms with Crippen LogP contribution in [0.1, 0.15) is 25.3 Å². The van der Waals surface area contributed by atoms with E-state index in [2.05, 4.69) is 42.3 Å². The third-order valence-electron chi connectivity index (χ3n) is 3.75. The number of halogens is 1. The molecule has 1 aliphatic rings. The molecule has 18 heavy (non-hydrogen) atoms. The number of benzene rings is 1. The minimum Gasteiger partial charge on any atom is -0.314 e. The Hall–Kier alpha value is -0.570. The molecule has 1 fully saturated rings. The zero-order valence-electron chi connectivity index (χ0n) is 11.3. The molecule has 1 heterocycles. The highest BCUT2D eigenvalue weighted by atomic mass is 35.5. The average Bonchev–Trinajstić information content (AvgIpc) is 2.37. The summed E-state index contributed by atoms with van der Waals surface area (Å²) in [5.41, 5.74) is 1.37. The summed E-state index contributed by atoms with van der Waals surface area (Å²) in [7, 11) is 0. The molecular formula is C15H23ClN2. The molecule has 100 valence electrons. The second-order valence-electron chi connectivity index (χ2n) is 5.46. The first kappa shape index (κ1) is 13.9. The molecule has 1 aromatic rings. The van der Waals surface area contributed by atoms with Crippen LogP contribution in [0.2, 0.25) is 5.02 Å². The van der Waals surface area contributed by atoms with E-state index in [-0.39, 0.29) is 0 Å². The van der Waals surface area contributed by atoms with Crippen molar-refractivity contribution in [1.29, 1.82) is 0 Å². The van der Waals surface area contributed by atoms with Crippen molar-refractivity contribution < 1.29 is 0 Å². The summed E-state index contributed by atoms with van der Waals surface area (Å²) in [4.78, 5) is 2.56. The van der Waals surface area contributed by atoms with Crippen LogP contribution in [0, 0.1) is 5.92 Å². The fraction of sp³-hybridized carbons (Fsp3) is 0.600. The van der Waals surface area contributed by atoms with Gasteiger partial charge in [-0.2, -0.15) is 0 Å². The van der Waals surface area contributed by atoms with Crippen molar-refractivity contribution in [3.63, 3.8) is 0 Å². The van der Waals surface area contributed by atoms with Crippen LogP contribution in [-0.2, 0) is 0 Å². The Morgan fingerprint density at radius 3 is 2.61 bits per heavy atom. The fourth-order valence-corrected chi connectivity index (χ4v) is 2.81. The van der Waals surface area contributed by atoms with Crippen molar-refractivity contribution >= 4 is 11.6 Å². The largest absolute Gasteiger partial charge is 0.314 e. The molecule has 1 aliphatic heterocycles. The first-order valence-corrected chi connectivity index (χ1v) is 7.23. The van der Waals surface area contributed by atoms with Gasteiger partial charge >= 0.3 is 0 Å². The van der Waals surface area contributed by atoms with Crippen LogP contribution in [-0.4, -0.2) is 37.6 Å². The first-order valence-electron chi connectivity index (χ1n) is 6.85. The smallest absolute Gasteiger partial charge is 0.0408 e. The summed E-state index contributed by atoms with van der Waals surface area (Å²) in [5, 5.41) is 4.25. The second kappa shape index (κ2) is 6.55. The number of piperazine rings is 1. The van der Waals surface area contributed by atoms with Gasteiger partial charge in [0.05, 0.1) is 0 Å². The SMILES string of the molecule is CC(C)C(CN1CCNCC1)c1cccc(Cl)c1. The molecule has 0 amide bonds. The Bertz CT molecular complexity index is 373. The van der Waals surface area contributed by atoms with Gasteiger partial charge in [-0.05, 0) is 29.5 Å². The monoisotopic (exact) mass is 266 g/mol. The summed E-state index contributed by atoms with van der Waals surface area (Å²) in [6.07, 6.45) is 0. The predicted molar refractivity (Wildman–Crippen MR) is 78.3 cm³/mol. The molecule has 0 aromatic heterocycles. The van der Waals surface area contributed by atoms with Crippen LogP contribution in [0.5, 0.6) is 0 Å². The molecule has 0 aliphatic carbocycles. The fourth-order valence-electron chi connectivity index (χ4n) is 2.61. The van der Waals surface area contributed by atoms with Gasteiger partial charge in [0.25, 0.3) is 0 Å². The van der Waals surface area contributed by atoms with E-state index in [1.807, 2.05) is 6.07 Å². The maximum atomic E-state index is 6.11. The lowest BCUT2D eigenvalue weighted by atomic mass is 9.88. The van der Waals surface area contributed by atoms with Crippen molar-refractivity contribution in [2.24, 2.45) is 5.92 Å². The third kappa shape index (κ3) is 3.71. The average molecular weight is 267 g/mol. The molecule has 0 bridgehead atoms. The minimum atomic E-state index is 0.571.